The summed E-state index contributed by atoms with van der Waals surface area (Å²) in [7, 11) is -3.57. The lowest BCUT2D eigenvalue weighted by molar-refractivity contribution is 0.0933. The molecule has 0 aliphatic carbocycles. The van der Waals surface area contributed by atoms with E-state index >= 15 is 0 Å². The molecule has 2 aromatic heterocycles. The Morgan fingerprint density at radius 3 is 2.61 bits per heavy atom. The number of aliphatic hydroxyl groups excluding tert-OH is 1. The molecule has 1 unspecified atom stereocenters. The third kappa shape index (κ3) is 5.98. The van der Waals surface area contributed by atoms with Gasteiger partial charge in [-0.2, -0.15) is 5.10 Å². The Kier molecular flexibility index (Phi) is 8.23. The molecule has 0 aliphatic rings. The van der Waals surface area contributed by atoms with Crippen LogP contribution in [0.1, 0.15) is 53.8 Å². The molecule has 33 heavy (non-hydrogen) atoms. The van der Waals surface area contributed by atoms with Crippen molar-refractivity contribution in [3.63, 3.8) is 0 Å². The largest absolute Gasteiger partial charge is 0.396 e. The molecular weight excluding hydrogens is 464 g/mol. The normalized spacial score (nSPS) is 12.5. The third-order valence-corrected chi connectivity index (χ3v) is 7.29. The van der Waals surface area contributed by atoms with Gasteiger partial charge in [0.25, 0.3) is 5.91 Å². The van der Waals surface area contributed by atoms with Crippen molar-refractivity contribution in [1.29, 1.82) is 0 Å². The number of aliphatic hydroxyl groups is 1. The van der Waals surface area contributed by atoms with Crippen molar-refractivity contribution in [2.45, 2.75) is 44.0 Å². The Morgan fingerprint density at radius 2 is 1.94 bits per heavy atom. The van der Waals surface area contributed by atoms with Gasteiger partial charge in [0, 0.05) is 24.0 Å². The van der Waals surface area contributed by atoms with Gasteiger partial charge in [-0.3, -0.25) is 9.78 Å². The number of nitrogens with one attached hydrogen (secondary N) is 1. The maximum Gasteiger partial charge on any atom is 0.255 e. The van der Waals surface area contributed by atoms with Crippen molar-refractivity contribution in [1.82, 2.24) is 20.1 Å². The molecule has 0 fully saturated rings. The number of aromatic nitrogens is 3. The van der Waals surface area contributed by atoms with E-state index in [-0.39, 0.29) is 29.6 Å². The molecule has 3 aromatic rings. The van der Waals surface area contributed by atoms with Gasteiger partial charge in [0.15, 0.2) is 9.84 Å². The molecule has 0 spiro atoms. The molecule has 10 heteroatoms. The number of nitrogens with zero attached hydrogens (tertiary/aromatic N) is 3. The van der Waals surface area contributed by atoms with Gasteiger partial charge in [-0.25, -0.2) is 13.1 Å². The number of halogens is 1. The minimum absolute atomic E-state index is 0.0792. The number of carbonyl (C=O) groups is 1. The zero-order valence-corrected chi connectivity index (χ0v) is 20.1. The first-order valence-electron chi connectivity index (χ1n) is 10.7. The van der Waals surface area contributed by atoms with E-state index in [1.807, 2.05) is 19.1 Å². The van der Waals surface area contributed by atoms with E-state index in [1.54, 1.807) is 36.0 Å². The fourth-order valence-corrected chi connectivity index (χ4v) is 4.90. The molecule has 0 bridgehead atoms. The highest BCUT2D eigenvalue weighted by Gasteiger charge is 2.22. The lowest BCUT2D eigenvalue weighted by atomic mass is 10.0. The summed E-state index contributed by atoms with van der Waals surface area (Å²) in [6.45, 7) is 3.59. The van der Waals surface area contributed by atoms with Crippen LogP contribution in [-0.2, 0) is 9.84 Å². The van der Waals surface area contributed by atoms with Crippen LogP contribution in [0.3, 0.4) is 0 Å². The molecular formula is C23H27ClN4O4S. The summed E-state index contributed by atoms with van der Waals surface area (Å²) in [5, 5.41) is 16.9. The zero-order chi connectivity index (χ0) is 24.0. The SMILES string of the molecule is CCCC(NC(=O)c1cnn(-c2ccc(Cl)cc2)c1C)c1cncc(S(=O)(=O)CCCO)c1. The summed E-state index contributed by atoms with van der Waals surface area (Å²) in [4.78, 5) is 17.3. The molecule has 2 heterocycles. The second-order valence-electron chi connectivity index (χ2n) is 7.70. The van der Waals surface area contributed by atoms with Gasteiger partial charge in [0.1, 0.15) is 0 Å². The predicted octanol–water partition coefficient (Wildman–Crippen LogP) is 3.66. The fourth-order valence-electron chi connectivity index (χ4n) is 3.49. The highest BCUT2D eigenvalue weighted by atomic mass is 35.5. The maximum atomic E-state index is 13.1. The zero-order valence-electron chi connectivity index (χ0n) is 18.5. The third-order valence-electron chi connectivity index (χ3n) is 5.28. The maximum absolute atomic E-state index is 13.1. The molecule has 0 saturated heterocycles. The minimum Gasteiger partial charge on any atom is -0.396 e. The molecule has 0 saturated carbocycles. The van der Waals surface area contributed by atoms with Gasteiger partial charge < -0.3 is 10.4 Å². The van der Waals surface area contributed by atoms with Gasteiger partial charge in [-0.1, -0.05) is 24.9 Å². The first-order chi connectivity index (χ1) is 15.8. The number of hydrogen-bond acceptors (Lipinski definition) is 6. The Balaban J connectivity index is 1.84. The van der Waals surface area contributed by atoms with Gasteiger partial charge in [-0.15, -0.1) is 0 Å². The van der Waals surface area contributed by atoms with Crippen molar-refractivity contribution in [3.8, 4) is 5.69 Å². The van der Waals surface area contributed by atoms with Gasteiger partial charge >= 0.3 is 0 Å². The smallest absolute Gasteiger partial charge is 0.255 e. The van der Waals surface area contributed by atoms with Crippen molar-refractivity contribution < 1.29 is 18.3 Å². The Labute approximate surface area is 198 Å². The summed E-state index contributed by atoms with van der Waals surface area (Å²) in [5.41, 5.74) is 2.48. The molecule has 1 amide bonds. The summed E-state index contributed by atoms with van der Waals surface area (Å²) in [6, 6.07) is 8.27. The summed E-state index contributed by atoms with van der Waals surface area (Å²) in [6.07, 6.45) is 5.90. The van der Waals surface area contributed by atoms with Crippen LogP contribution in [-0.4, -0.2) is 46.6 Å². The van der Waals surface area contributed by atoms with Crippen LogP contribution in [0, 0.1) is 6.92 Å². The van der Waals surface area contributed by atoms with Crippen LogP contribution in [0.4, 0.5) is 0 Å². The highest BCUT2D eigenvalue weighted by molar-refractivity contribution is 7.91. The van der Waals surface area contributed by atoms with Crippen molar-refractivity contribution in [2.75, 3.05) is 12.4 Å². The average molecular weight is 491 g/mol. The van der Waals surface area contributed by atoms with E-state index < -0.39 is 15.9 Å². The number of carbonyl (C=O) groups excluding carboxylic acids is 1. The molecule has 0 radical (unpaired) electrons. The van der Waals surface area contributed by atoms with Crippen LogP contribution in [0.25, 0.3) is 5.69 Å². The standard InChI is InChI=1S/C23H27ClN4O4S/c1-3-5-22(17-12-20(14-25-13-17)33(31,32)11-4-10-29)27-23(30)21-15-26-28(16(21)2)19-8-6-18(24)7-9-19/h6-9,12-15,22,29H,3-5,10-11H2,1-2H3,(H,27,30). The van der Waals surface area contributed by atoms with E-state index in [9.17, 15) is 13.2 Å². The molecule has 3 rings (SSSR count). The van der Waals surface area contributed by atoms with E-state index in [1.165, 1.54) is 12.4 Å². The predicted molar refractivity (Wildman–Crippen MR) is 126 cm³/mol. The second kappa shape index (κ2) is 10.9. The van der Waals surface area contributed by atoms with Crippen molar-refractivity contribution >= 4 is 27.3 Å². The van der Waals surface area contributed by atoms with Crippen LogP contribution in [0.5, 0.6) is 0 Å². The van der Waals surface area contributed by atoms with E-state index in [0.29, 0.717) is 28.3 Å². The van der Waals surface area contributed by atoms with Crippen LogP contribution in [0.15, 0.2) is 53.8 Å². The van der Waals surface area contributed by atoms with Crippen LogP contribution in [0.2, 0.25) is 5.02 Å². The average Bonchev–Trinajstić information content (AvgIpc) is 3.19. The van der Waals surface area contributed by atoms with E-state index in [0.717, 1.165) is 12.1 Å². The van der Waals surface area contributed by atoms with Gasteiger partial charge in [0.05, 0.1) is 39.8 Å². The number of amides is 1. The Bertz CT molecular complexity index is 1210. The first kappa shape index (κ1) is 24.9. The fraction of sp³-hybridized carbons (Fsp3) is 0.348. The van der Waals surface area contributed by atoms with Crippen LogP contribution < -0.4 is 5.32 Å². The monoisotopic (exact) mass is 490 g/mol. The van der Waals surface area contributed by atoms with Crippen molar-refractivity contribution in [3.05, 3.63) is 70.8 Å². The molecule has 0 aliphatic heterocycles. The molecule has 8 nitrogen and oxygen atoms in total. The van der Waals surface area contributed by atoms with Crippen LogP contribution >= 0.6 is 11.6 Å². The summed E-state index contributed by atoms with van der Waals surface area (Å²) < 4.78 is 26.7. The molecule has 1 aromatic carbocycles. The molecule has 2 N–H and O–H groups in total. The van der Waals surface area contributed by atoms with E-state index in [2.05, 4.69) is 15.4 Å². The number of sulfone groups is 1. The minimum atomic E-state index is -3.57. The highest BCUT2D eigenvalue weighted by Crippen LogP contribution is 2.23. The number of hydrogen-bond donors (Lipinski definition) is 2. The first-order valence-corrected chi connectivity index (χ1v) is 12.7. The molecule has 1 atom stereocenters. The van der Waals surface area contributed by atoms with Crippen molar-refractivity contribution in [2.24, 2.45) is 0 Å². The van der Waals surface area contributed by atoms with E-state index in [4.69, 9.17) is 16.7 Å². The number of benzene rings is 1. The number of pyridine rings is 1. The Hall–Kier alpha value is -2.75. The van der Waals surface area contributed by atoms with Gasteiger partial charge in [0.2, 0.25) is 0 Å². The topological polar surface area (TPSA) is 114 Å². The quantitative estimate of drug-likeness (QED) is 0.448. The summed E-state index contributed by atoms with van der Waals surface area (Å²) in [5.74, 6) is -0.470. The lowest BCUT2D eigenvalue weighted by Gasteiger charge is -2.19. The second-order valence-corrected chi connectivity index (χ2v) is 10.2. The summed E-state index contributed by atoms with van der Waals surface area (Å²) >= 11 is 5.96. The Morgan fingerprint density at radius 1 is 1.21 bits per heavy atom. The lowest BCUT2D eigenvalue weighted by Crippen LogP contribution is -2.29. The van der Waals surface area contributed by atoms with Gasteiger partial charge in [-0.05, 0) is 55.7 Å². The number of rotatable bonds is 10. The molecule has 176 valence electrons.